The first-order chi connectivity index (χ1) is 8.16. The Hall–Kier alpha value is -1.66. The molecule has 3 heterocycles. The minimum absolute atomic E-state index is 0.0553. The van der Waals surface area contributed by atoms with Crippen molar-refractivity contribution in [3.63, 3.8) is 0 Å². The summed E-state index contributed by atoms with van der Waals surface area (Å²) >= 11 is 0. The highest BCUT2D eigenvalue weighted by Crippen LogP contribution is 2.33. The molecule has 0 aromatic carbocycles. The van der Waals surface area contributed by atoms with E-state index < -0.39 is 6.10 Å². The van der Waals surface area contributed by atoms with E-state index in [0.29, 0.717) is 12.2 Å². The molecule has 3 atom stereocenters. The van der Waals surface area contributed by atoms with Gasteiger partial charge >= 0.3 is 0 Å². The van der Waals surface area contributed by atoms with Crippen molar-refractivity contribution in [2.24, 2.45) is 0 Å². The van der Waals surface area contributed by atoms with Gasteiger partial charge in [0.15, 0.2) is 5.82 Å². The van der Waals surface area contributed by atoms with E-state index in [1.54, 1.807) is 4.52 Å². The number of aliphatic hydroxyl groups is 1. The fraction of sp³-hybridized carbons (Fsp3) is 0.455. The molecule has 1 aliphatic rings. The zero-order chi connectivity index (χ0) is 12.0. The lowest BCUT2D eigenvalue weighted by Crippen LogP contribution is -2.15. The molecule has 0 aliphatic carbocycles. The van der Waals surface area contributed by atoms with Crippen molar-refractivity contribution < 1.29 is 9.84 Å². The van der Waals surface area contributed by atoms with Crippen molar-refractivity contribution in [1.82, 2.24) is 14.6 Å². The van der Waals surface area contributed by atoms with Crippen molar-refractivity contribution in [2.45, 2.75) is 31.7 Å². The highest BCUT2D eigenvalue weighted by molar-refractivity contribution is 5.65. The molecule has 0 spiro atoms. The summed E-state index contributed by atoms with van der Waals surface area (Å²) in [5, 5.41) is 14.1. The minimum atomic E-state index is -0.501. The highest BCUT2D eigenvalue weighted by atomic mass is 16.5. The number of nitrogen functional groups attached to an aromatic ring is 1. The molecule has 1 aliphatic heterocycles. The molecule has 17 heavy (non-hydrogen) atoms. The Bertz CT molecular complexity index is 553. The van der Waals surface area contributed by atoms with E-state index in [4.69, 9.17) is 10.5 Å². The van der Waals surface area contributed by atoms with E-state index in [9.17, 15) is 5.11 Å². The summed E-state index contributed by atoms with van der Waals surface area (Å²) in [4.78, 5) is 3.92. The Morgan fingerprint density at radius 1 is 1.53 bits per heavy atom. The van der Waals surface area contributed by atoms with Gasteiger partial charge in [0, 0.05) is 6.42 Å². The number of aliphatic hydroxyl groups excluding tert-OH is 1. The molecule has 3 rings (SSSR count). The Kier molecular flexibility index (Phi) is 2.27. The molecule has 0 amide bonds. The first-order valence-electron chi connectivity index (χ1n) is 5.58. The van der Waals surface area contributed by atoms with Crippen LogP contribution in [0.25, 0.3) is 5.52 Å². The van der Waals surface area contributed by atoms with Gasteiger partial charge in [-0.1, -0.05) is 0 Å². The summed E-state index contributed by atoms with van der Waals surface area (Å²) in [6.07, 6.45) is 1.25. The molecule has 90 valence electrons. The quantitative estimate of drug-likeness (QED) is 0.751. The third-order valence-electron chi connectivity index (χ3n) is 3.10. The predicted octanol–water partition coefficient (Wildman–Crippen LogP) is 0.522. The van der Waals surface area contributed by atoms with Gasteiger partial charge < -0.3 is 15.6 Å². The molecule has 1 saturated heterocycles. The third kappa shape index (κ3) is 1.57. The number of fused-ring (bicyclic) bond motifs is 1. The van der Waals surface area contributed by atoms with E-state index in [2.05, 4.69) is 10.1 Å². The molecule has 2 aromatic rings. The van der Waals surface area contributed by atoms with Crippen molar-refractivity contribution in [3.8, 4) is 0 Å². The summed E-state index contributed by atoms with van der Waals surface area (Å²) in [6.45, 7) is 1.95. The van der Waals surface area contributed by atoms with Gasteiger partial charge in [0.25, 0.3) is 0 Å². The van der Waals surface area contributed by atoms with Gasteiger partial charge in [-0.15, -0.1) is 0 Å². The van der Waals surface area contributed by atoms with Crippen molar-refractivity contribution >= 4 is 11.3 Å². The lowest BCUT2D eigenvalue weighted by atomic mass is 10.1. The van der Waals surface area contributed by atoms with Gasteiger partial charge in [0.2, 0.25) is 0 Å². The van der Waals surface area contributed by atoms with Gasteiger partial charge in [0.05, 0.1) is 17.9 Å². The smallest absolute Gasteiger partial charge is 0.151 e. The number of anilines is 1. The zero-order valence-electron chi connectivity index (χ0n) is 9.45. The molecule has 0 bridgehead atoms. The molecule has 3 N–H and O–H groups in total. The van der Waals surface area contributed by atoms with Crippen LogP contribution < -0.4 is 5.73 Å². The zero-order valence-corrected chi connectivity index (χ0v) is 9.45. The maximum Gasteiger partial charge on any atom is 0.151 e. The van der Waals surface area contributed by atoms with Crippen LogP contribution in [-0.2, 0) is 4.74 Å². The summed E-state index contributed by atoms with van der Waals surface area (Å²) in [7, 11) is 0. The average Bonchev–Trinajstić information content (AvgIpc) is 2.83. The highest BCUT2D eigenvalue weighted by Gasteiger charge is 2.34. The molecule has 6 heteroatoms. The Balaban J connectivity index is 2.09. The largest absolute Gasteiger partial charge is 0.390 e. The van der Waals surface area contributed by atoms with Gasteiger partial charge in [-0.3, -0.25) is 0 Å². The summed E-state index contributed by atoms with van der Waals surface area (Å²) in [5.41, 5.74) is 7.30. The number of hydrogen-bond donors (Lipinski definition) is 2. The van der Waals surface area contributed by atoms with Gasteiger partial charge in [-0.25, -0.2) is 9.50 Å². The second kappa shape index (κ2) is 3.68. The number of nitrogens with two attached hydrogens (primary N) is 1. The Morgan fingerprint density at radius 3 is 3.06 bits per heavy atom. The fourth-order valence-electron chi connectivity index (χ4n) is 2.32. The summed E-state index contributed by atoms with van der Waals surface area (Å²) in [5.74, 6) is 0.423. The summed E-state index contributed by atoms with van der Waals surface area (Å²) < 4.78 is 7.37. The van der Waals surface area contributed by atoms with Crippen molar-refractivity contribution in [3.05, 3.63) is 24.2 Å². The molecular formula is C11H14N4O2. The molecule has 1 fully saturated rings. The Labute approximate surface area is 98.0 Å². The number of hydrogen-bond acceptors (Lipinski definition) is 5. The van der Waals surface area contributed by atoms with Crippen LogP contribution in [0.5, 0.6) is 0 Å². The van der Waals surface area contributed by atoms with Crippen LogP contribution in [0.4, 0.5) is 5.82 Å². The van der Waals surface area contributed by atoms with Crippen molar-refractivity contribution in [1.29, 1.82) is 0 Å². The second-order valence-corrected chi connectivity index (χ2v) is 4.37. The lowest BCUT2D eigenvalue weighted by Gasteiger charge is -2.13. The van der Waals surface area contributed by atoms with Crippen LogP contribution in [-0.4, -0.2) is 31.9 Å². The maximum absolute atomic E-state index is 9.95. The van der Waals surface area contributed by atoms with E-state index in [1.165, 1.54) is 6.33 Å². The van der Waals surface area contributed by atoms with Crippen LogP contribution in [0, 0.1) is 0 Å². The molecule has 0 radical (unpaired) electrons. The van der Waals surface area contributed by atoms with Gasteiger partial charge in [0.1, 0.15) is 17.9 Å². The number of rotatable bonds is 1. The monoisotopic (exact) mass is 234 g/mol. The SMILES string of the molecule is CC1CC(O)C(c2ccc3c(N)ncnn23)O1. The summed E-state index contributed by atoms with van der Waals surface area (Å²) in [6, 6.07) is 3.70. The van der Waals surface area contributed by atoms with Gasteiger partial charge in [-0.05, 0) is 19.1 Å². The molecule has 3 unspecified atom stereocenters. The minimum Gasteiger partial charge on any atom is -0.390 e. The van der Waals surface area contributed by atoms with E-state index >= 15 is 0 Å². The molecule has 6 nitrogen and oxygen atoms in total. The number of ether oxygens (including phenoxy) is 1. The molecule has 2 aromatic heterocycles. The molecular weight excluding hydrogens is 220 g/mol. The van der Waals surface area contributed by atoms with Crippen LogP contribution in [0.2, 0.25) is 0 Å². The van der Waals surface area contributed by atoms with E-state index in [0.717, 1.165) is 11.2 Å². The first kappa shape index (κ1) is 10.5. The average molecular weight is 234 g/mol. The topological polar surface area (TPSA) is 85.7 Å². The van der Waals surface area contributed by atoms with E-state index in [-0.39, 0.29) is 12.2 Å². The van der Waals surface area contributed by atoms with Crippen LogP contribution in [0.1, 0.15) is 25.1 Å². The van der Waals surface area contributed by atoms with Crippen LogP contribution in [0.3, 0.4) is 0 Å². The normalized spacial score (nSPS) is 28.9. The Morgan fingerprint density at radius 2 is 2.35 bits per heavy atom. The number of nitrogens with zero attached hydrogens (tertiary/aromatic N) is 3. The van der Waals surface area contributed by atoms with Crippen LogP contribution in [0.15, 0.2) is 18.5 Å². The second-order valence-electron chi connectivity index (χ2n) is 4.37. The fourth-order valence-corrected chi connectivity index (χ4v) is 2.32. The predicted molar refractivity (Wildman–Crippen MR) is 61.3 cm³/mol. The van der Waals surface area contributed by atoms with Crippen LogP contribution >= 0.6 is 0 Å². The lowest BCUT2D eigenvalue weighted by molar-refractivity contribution is 0.0115. The van der Waals surface area contributed by atoms with E-state index in [1.807, 2.05) is 19.1 Å². The number of aromatic nitrogens is 3. The maximum atomic E-state index is 9.95. The molecule has 0 saturated carbocycles. The van der Waals surface area contributed by atoms with Crippen molar-refractivity contribution in [2.75, 3.05) is 5.73 Å². The standard InChI is InChI=1S/C11H14N4O2/c1-6-4-9(16)10(17-6)7-2-3-8-11(12)13-5-14-15(7)8/h2-3,5-6,9-10,16H,4H2,1H3,(H2,12,13,14). The third-order valence-corrected chi connectivity index (χ3v) is 3.10. The van der Waals surface area contributed by atoms with Gasteiger partial charge in [-0.2, -0.15) is 5.10 Å². The first-order valence-corrected chi connectivity index (χ1v) is 5.58.